The molecule has 3 heterocycles. The van der Waals surface area contributed by atoms with Crippen molar-refractivity contribution in [1.82, 2.24) is 15.5 Å². The first kappa shape index (κ1) is 20.0. The van der Waals surface area contributed by atoms with Crippen LogP contribution in [0.15, 0.2) is 17.1 Å². The van der Waals surface area contributed by atoms with E-state index in [4.69, 9.17) is 14.2 Å². The molecule has 2 saturated heterocycles. The second-order valence-corrected chi connectivity index (χ2v) is 7.24. The Bertz CT molecular complexity index is 749. The molecule has 10 heteroatoms. The van der Waals surface area contributed by atoms with Crippen LogP contribution in [0.5, 0.6) is 17.2 Å². The molecule has 2 unspecified atom stereocenters. The molecule has 29 heavy (non-hydrogen) atoms. The van der Waals surface area contributed by atoms with Crippen molar-refractivity contribution in [3.8, 4) is 17.2 Å². The van der Waals surface area contributed by atoms with Crippen LogP contribution in [0.25, 0.3) is 0 Å². The average Bonchev–Trinajstić information content (AvgIpc) is 3.35. The fourth-order valence-electron chi connectivity index (χ4n) is 3.93. The van der Waals surface area contributed by atoms with Crippen molar-refractivity contribution in [3.05, 3.63) is 17.7 Å². The van der Waals surface area contributed by atoms with Gasteiger partial charge in [-0.1, -0.05) is 0 Å². The first-order valence-electron chi connectivity index (χ1n) is 9.80. The van der Waals surface area contributed by atoms with E-state index in [2.05, 4.69) is 25.3 Å². The molecular weight excluding hydrogens is 386 g/mol. The van der Waals surface area contributed by atoms with Gasteiger partial charge in [-0.05, 0) is 25.5 Å². The average molecular weight is 412 g/mol. The molecule has 0 saturated carbocycles. The number of halogens is 2. The lowest BCUT2D eigenvalue weighted by Gasteiger charge is -2.35. The minimum Gasteiger partial charge on any atom is -0.454 e. The van der Waals surface area contributed by atoms with Crippen LogP contribution >= 0.6 is 0 Å². The van der Waals surface area contributed by atoms with Gasteiger partial charge in [-0.3, -0.25) is 9.89 Å². The third-order valence-corrected chi connectivity index (χ3v) is 5.40. The molecule has 0 aliphatic carbocycles. The number of aliphatic imine (C=N–C) groups is 1. The predicted octanol–water partition coefficient (Wildman–Crippen LogP) is 1.54. The topological polar surface area (TPSA) is 76.6 Å². The Morgan fingerprint density at radius 3 is 2.93 bits per heavy atom. The van der Waals surface area contributed by atoms with Crippen molar-refractivity contribution in [2.75, 3.05) is 40.1 Å². The smallest absolute Gasteiger partial charge is 0.387 e. The van der Waals surface area contributed by atoms with Gasteiger partial charge >= 0.3 is 6.61 Å². The first-order valence-corrected chi connectivity index (χ1v) is 9.80. The fraction of sp³-hybridized carbons (Fsp3) is 0.632. The van der Waals surface area contributed by atoms with Crippen LogP contribution in [0, 0.1) is 0 Å². The quantitative estimate of drug-likeness (QED) is 0.542. The number of alkyl halides is 2. The van der Waals surface area contributed by atoms with Gasteiger partial charge in [-0.25, -0.2) is 0 Å². The number of hydrogen-bond acceptors (Lipinski definition) is 6. The van der Waals surface area contributed by atoms with E-state index in [1.54, 1.807) is 13.1 Å². The van der Waals surface area contributed by atoms with Crippen molar-refractivity contribution in [3.63, 3.8) is 0 Å². The van der Waals surface area contributed by atoms with Crippen LogP contribution in [0.2, 0.25) is 0 Å². The van der Waals surface area contributed by atoms with E-state index >= 15 is 0 Å². The molecule has 0 radical (unpaired) electrons. The maximum absolute atomic E-state index is 12.8. The zero-order chi connectivity index (χ0) is 20.2. The first-order chi connectivity index (χ1) is 14.1. The van der Waals surface area contributed by atoms with Crippen molar-refractivity contribution >= 4 is 5.96 Å². The molecule has 0 amide bonds. The van der Waals surface area contributed by atoms with Crippen LogP contribution < -0.4 is 24.8 Å². The third kappa shape index (κ3) is 4.81. The summed E-state index contributed by atoms with van der Waals surface area (Å²) in [7, 11) is 1.66. The SMILES string of the molecule is CN=C(NCc1cc2c(cc1OC(F)F)OCO2)NCC1CN2CCCC2CO1. The summed E-state index contributed by atoms with van der Waals surface area (Å²) in [6.45, 7) is 0.789. The Labute approximate surface area is 168 Å². The molecule has 4 rings (SSSR count). The summed E-state index contributed by atoms with van der Waals surface area (Å²) in [5.41, 5.74) is 0.520. The summed E-state index contributed by atoms with van der Waals surface area (Å²) >= 11 is 0. The number of fused-ring (bicyclic) bond motifs is 2. The Morgan fingerprint density at radius 2 is 2.14 bits per heavy atom. The lowest BCUT2D eigenvalue weighted by Crippen LogP contribution is -2.51. The number of hydrogen-bond donors (Lipinski definition) is 2. The monoisotopic (exact) mass is 412 g/mol. The number of guanidine groups is 1. The molecule has 0 bridgehead atoms. The van der Waals surface area contributed by atoms with Crippen LogP contribution in [-0.4, -0.2) is 69.7 Å². The lowest BCUT2D eigenvalue weighted by atomic mass is 10.1. The van der Waals surface area contributed by atoms with Gasteiger partial charge in [-0.2, -0.15) is 8.78 Å². The molecule has 2 atom stereocenters. The van der Waals surface area contributed by atoms with Gasteiger partial charge in [0.2, 0.25) is 6.79 Å². The highest BCUT2D eigenvalue weighted by Gasteiger charge is 2.32. The Balaban J connectivity index is 1.32. The van der Waals surface area contributed by atoms with Crippen molar-refractivity contribution in [1.29, 1.82) is 0 Å². The van der Waals surface area contributed by atoms with Gasteiger partial charge in [0.05, 0.1) is 12.7 Å². The molecular formula is C19H26F2N4O4. The predicted molar refractivity (Wildman–Crippen MR) is 102 cm³/mol. The zero-order valence-corrected chi connectivity index (χ0v) is 16.3. The highest BCUT2D eigenvalue weighted by atomic mass is 19.3. The molecule has 2 N–H and O–H groups in total. The molecule has 1 aromatic rings. The number of benzene rings is 1. The van der Waals surface area contributed by atoms with E-state index in [-0.39, 0.29) is 25.2 Å². The normalized spacial score (nSPS) is 23.9. The van der Waals surface area contributed by atoms with Gasteiger partial charge in [0.1, 0.15) is 5.75 Å². The minimum atomic E-state index is -2.93. The second kappa shape index (κ2) is 9.00. The standard InChI is InChI=1S/C19H26F2N4O4/c1-22-19(24-8-14-9-25-4-2-3-13(25)10-26-14)23-7-12-5-16-17(28-11-27-16)6-15(12)29-18(20)21/h5-6,13-14,18H,2-4,7-11H2,1H3,(H2,22,23,24). The van der Waals surface area contributed by atoms with Gasteiger partial charge in [0.15, 0.2) is 17.5 Å². The maximum Gasteiger partial charge on any atom is 0.387 e. The highest BCUT2D eigenvalue weighted by Crippen LogP contribution is 2.38. The van der Waals surface area contributed by atoms with Crippen molar-refractivity contribution in [2.24, 2.45) is 4.99 Å². The zero-order valence-electron chi connectivity index (χ0n) is 16.3. The number of ether oxygens (including phenoxy) is 4. The molecule has 1 aromatic carbocycles. The van der Waals surface area contributed by atoms with Gasteiger partial charge in [0, 0.05) is 44.4 Å². The van der Waals surface area contributed by atoms with Gasteiger partial charge in [-0.15, -0.1) is 0 Å². The molecule has 8 nitrogen and oxygen atoms in total. The Kier molecular flexibility index (Phi) is 6.19. The molecule has 3 aliphatic heterocycles. The molecule has 0 spiro atoms. The summed E-state index contributed by atoms with van der Waals surface area (Å²) < 4.78 is 46.7. The van der Waals surface area contributed by atoms with Gasteiger partial charge < -0.3 is 29.6 Å². The summed E-state index contributed by atoms with van der Waals surface area (Å²) in [4.78, 5) is 6.68. The molecule has 3 aliphatic rings. The number of nitrogens with zero attached hydrogens (tertiary/aromatic N) is 2. The van der Waals surface area contributed by atoms with E-state index in [1.807, 2.05) is 0 Å². The summed E-state index contributed by atoms with van der Waals surface area (Å²) in [5.74, 6) is 1.49. The Morgan fingerprint density at radius 1 is 1.31 bits per heavy atom. The number of morpholine rings is 1. The third-order valence-electron chi connectivity index (χ3n) is 5.40. The van der Waals surface area contributed by atoms with E-state index in [1.165, 1.54) is 18.9 Å². The van der Waals surface area contributed by atoms with E-state index in [9.17, 15) is 8.78 Å². The minimum absolute atomic E-state index is 0.0443. The highest BCUT2D eigenvalue weighted by molar-refractivity contribution is 5.79. The van der Waals surface area contributed by atoms with Crippen LogP contribution in [0.1, 0.15) is 18.4 Å². The van der Waals surface area contributed by atoms with E-state index in [0.29, 0.717) is 35.6 Å². The lowest BCUT2D eigenvalue weighted by molar-refractivity contribution is -0.0505. The molecule has 160 valence electrons. The molecule has 0 aromatic heterocycles. The van der Waals surface area contributed by atoms with Crippen LogP contribution in [0.3, 0.4) is 0 Å². The van der Waals surface area contributed by atoms with Crippen molar-refractivity contribution in [2.45, 2.75) is 38.1 Å². The second-order valence-electron chi connectivity index (χ2n) is 7.24. The summed E-state index contributed by atoms with van der Waals surface area (Å²) in [6.07, 6.45) is 2.53. The fourth-order valence-corrected chi connectivity index (χ4v) is 3.93. The summed E-state index contributed by atoms with van der Waals surface area (Å²) in [5, 5.41) is 6.37. The maximum atomic E-state index is 12.8. The van der Waals surface area contributed by atoms with E-state index in [0.717, 1.165) is 19.7 Å². The van der Waals surface area contributed by atoms with E-state index < -0.39 is 6.61 Å². The number of nitrogens with one attached hydrogen (secondary N) is 2. The largest absolute Gasteiger partial charge is 0.454 e. The molecule has 2 fully saturated rings. The summed E-state index contributed by atoms with van der Waals surface area (Å²) in [6, 6.07) is 3.62. The van der Waals surface area contributed by atoms with Crippen LogP contribution in [-0.2, 0) is 11.3 Å². The van der Waals surface area contributed by atoms with Crippen molar-refractivity contribution < 1.29 is 27.7 Å². The Hall–Kier alpha value is -2.33. The van der Waals surface area contributed by atoms with Gasteiger partial charge in [0.25, 0.3) is 0 Å². The number of rotatable bonds is 6. The van der Waals surface area contributed by atoms with Crippen LogP contribution in [0.4, 0.5) is 8.78 Å².